The van der Waals surface area contributed by atoms with E-state index in [9.17, 15) is 14.4 Å². The number of carboxylic acids is 1. The highest BCUT2D eigenvalue weighted by molar-refractivity contribution is 6.30. The Kier molecular flexibility index (Phi) is 7.11. The van der Waals surface area contributed by atoms with Crippen molar-refractivity contribution < 1.29 is 24.2 Å². The molecule has 0 saturated carbocycles. The quantitative estimate of drug-likeness (QED) is 0.475. The smallest absolute Gasteiger partial charge is 0.356 e. The largest absolute Gasteiger partial charge is 0.476 e. The molecule has 1 atom stereocenters. The topological polar surface area (TPSA) is 125 Å². The fourth-order valence-electron chi connectivity index (χ4n) is 3.61. The first kappa shape index (κ1) is 24.0. The van der Waals surface area contributed by atoms with Crippen LogP contribution in [0.15, 0.2) is 60.7 Å². The van der Waals surface area contributed by atoms with Gasteiger partial charge in [0.05, 0.1) is 6.42 Å². The van der Waals surface area contributed by atoms with Gasteiger partial charge in [-0.05, 0) is 55.0 Å². The lowest BCUT2D eigenvalue weighted by molar-refractivity contribution is -0.132. The van der Waals surface area contributed by atoms with Crippen molar-refractivity contribution in [1.29, 1.82) is 0 Å². The Morgan fingerprint density at radius 3 is 2.40 bits per heavy atom. The maximum atomic E-state index is 13.1. The van der Waals surface area contributed by atoms with Gasteiger partial charge in [0.25, 0.3) is 0 Å². The number of carbonyl (C=O) groups is 3. The average Bonchev–Trinajstić information content (AvgIpc) is 2.84. The van der Waals surface area contributed by atoms with Gasteiger partial charge >= 0.3 is 12.0 Å². The molecule has 11 heteroatoms. The number of imide groups is 1. The Bertz CT molecular complexity index is 1220. The van der Waals surface area contributed by atoms with E-state index in [4.69, 9.17) is 21.4 Å². The fraction of sp³-hybridized carbons (Fsp3) is 0.208. The molecule has 3 aromatic rings. The maximum absolute atomic E-state index is 13.1. The average molecular weight is 496 g/mol. The van der Waals surface area contributed by atoms with E-state index in [1.54, 1.807) is 48.2 Å². The van der Waals surface area contributed by atoms with Gasteiger partial charge in [0.15, 0.2) is 5.69 Å². The number of aromatic carboxylic acids is 1. The predicted molar refractivity (Wildman–Crippen MR) is 127 cm³/mol. The van der Waals surface area contributed by atoms with Gasteiger partial charge in [0.1, 0.15) is 11.9 Å². The first-order valence-electron chi connectivity index (χ1n) is 10.8. The molecule has 1 saturated heterocycles. The maximum Gasteiger partial charge on any atom is 0.356 e. The molecule has 10 nitrogen and oxygen atoms in total. The molecule has 1 aliphatic rings. The number of hydrogen-bond donors (Lipinski definition) is 2. The third-order valence-electron chi connectivity index (χ3n) is 5.37. The molecule has 2 aromatic carbocycles. The van der Waals surface area contributed by atoms with E-state index in [1.807, 2.05) is 12.1 Å². The molecule has 1 fully saturated rings. The van der Waals surface area contributed by atoms with Gasteiger partial charge in [-0.15, -0.1) is 10.2 Å². The van der Waals surface area contributed by atoms with E-state index in [0.29, 0.717) is 29.5 Å². The molecule has 2 N–H and O–H groups in total. The summed E-state index contributed by atoms with van der Waals surface area (Å²) in [5, 5.41) is 20.1. The zero-order valence-electron chi connectivity index (χ0n) is 18.7. The number of benzene rings is 2. The van der Waals surface area contributed by atoms with Crippen LogP contribution in [0.2, 0.25) is 5.02 Å². The lowest BCUT2D eigenvalue weighted by Gasteiger charge is -2.40. The Morgan fingerprint density at radius 1 is 1.09 bits per heavy atom. The highest BCUT2D eigenvalue weighted by Gasteiger charge is 2.38. The summed E-state index contributed by atoms with van der Waals surface area (Å²) in [5.74, 6) is -0.816. The predicted octanol–water partition coefficient (Wildman–Crippen LogP) is 4.23. The third kappa shape index (κ3) is 5.67. The zero-order valence-corrected chi connectivity index (χ0v) is 19.5. The molecule has 1 aromatic heterocycles. The number of hydrogen-bond acceptors (Lipinski definition) is 7. The van der Waals surface area contributed by atoms with Crippen LogP contribution in [0.25, 0.3) is 0 Å². The van der Waals surface area contributed by atoms with Crippen molar-refractivity contribution in [2.75, 3.05) is 11.9 Å². The van der Waals surface area contributed by atoms with Crippen LogP contribution in [0, 0.1) is 0 Å². The van der Waals surface area contributed by atoms with E-state index in [-0.39, 0.29) is 29.9 Å². The van der Waals surface area contributed by atoms with Crippen LogP contribution in [0.1, 0.15) is 29.4 Å². The fourth-order valence-corrected chi connectivity index (χ4v) is 3.73. The van der Waals surface area contributed by atoms with E-state index in [1.165, 1.54) is 17.0 Å². The number of rotatable bonds is 8. The SMILES string of the molecule is CCN1C(=O)CC(Nc2ccc(Oc3ccc(C(=O)O)nn3)cc2)N(Cc2ccc(Cl)cc2)C1=O. The number of urea groups is 1. The summed E-state index contributed by atoms with van der Waals surface area (Å²) < 4.78 is 5.60. The first-order chi connectivity index (χ1) is 16.8. The zero-order chi connectivity index (χ0) is 24.9. The van der Waals surface area contributed by atoms with Gasteiger partial charge in [0, 0.05) is 29.9 Å². The number of ether oxygens (including phenoxy) is 1. The van der Waals surface area contributed by atoms with Crippen LogP contribution in [-0.2, 0) is 11.3 Å². The molecule has 0 radical (unpaired) electrons. The summed E-state index contributed by atoms with van der Waals surface area (Å²) in [4.78, 5) is 39.4. The van der Waals surface area contributed by atoms with Crippen LogP contribution >= 0.6 is 11.6 Å². The Labute approximate surface area is 206 Å². The third-order valence-corrected chi connectivity index (χ3v) is 5.63. The minimum atomic E-state index is -1.17. The molecule has 4 rings (SSSR count). The van der Waals surface area contributed by atoms with Crippen LogP contribution in [0.4, 0.5) is 10.5 Å². The van der Waals surface area contributed by atoms with Gasteiger partial charge < -0.3 is 15.2 Å². The number of carbonyl (C=O) groups excluding carboxylic acids is 2. The monoisotopic (exact) mass is 495 g/mol. The molecule has 2 heterocycles. The van der Waals surface area contributed by atoms with Crippen molar-refractivity contribution in [2.24, 2.45) is 0 Å². The molecule has 1 aliphatic heterocycles. The number of anilines is 1. The minimum Gasteiger partial charge on any atom is -0.476 e. The molecule has 0 spiro atoms. The van der Waals surface area contributed by atoms with E-state index in [2.05, 4.69) is 15.5 Å². The Hall–Kier alpha value is -4.18. The van der Waals surface area contributed by atoms with Crippen molar-refractivity contribution >= 4 is 35.2 Å². The summed E-state index contributed by atoms with van der Waals surface area (Å²) in [6.45, 7) is 2.37. The number of aromatic nitrogens is 2. The number of carboxylic acid groups (broad SMARTS) is 1. The van der Waals surface area contributed by atoms with E-state index in [0.717, 1.165) is 5.56 Å². The second-order valence-electron chi connectivity index (χ2n) is 7.73. The molecule has 1 unspecified atom stereocenters. The highest BCUT2D eigenvalue weighted by atomic mass is 35.5. The Morgan fingerprint density at radius 2 is 1.80 bits per heavy atom. The van der Waals surface area contributed by atoms with Crippen LogP contribution < -0.4 is 10.1 Å². The van der Waals surface area contributed by atoms with Crippen molar-refractivity contribution in [3.63, 3.8) is 0 Å². The van der Waals surface area contributed by atoms with E-state index >= 15 is 0 Å². The molecule has 3 amide bonds. The van der Waals surface area contributed by atoms with Gasteiger partial charge in [0.2, 0.25) is 11.8 Å². The second kappa shape index (κ2) is 10.4. The lowest BCUT2D eigenvalue weighted by Crippen LogP contribution is -2.58. The van der Waals surface area contributed by atoms with Gasteiger partial charge in [-0.1, -0.05) is 23.7 Å². The number of nitrogens with one attached hydrogen (secondary N) is 1. The second-order valence-corrected chi connectivity index (χ2v) is 8.16. The van der Waals surface area contributed by atoms with Crippen molar-refractivity contribution in [2.45, 2.75) is 26.1 Å². The molecular weight excluding hydrogens is 474 g/mol. The minimum absolute atomic E-state index is 0.122. The summed E-state index contributed by atoms with van der Waals surface area (Å²) in [5.41, 5.74) is 1.39. The van der Waals surface area contributed by atoms with Gasteiger partial charge in [-0.2, -0.15) is 0 Å². The molecule has 0 bridgehead atoms. The normalized spacial score (nSPS) is 15.8. The van der Waals surface area contributed by atoms with Crippen molar-refractivity contribution in [3.05, 3.63) is 76.9 Å². The van der Waals surface area contributed by atoms with Crippen molar-refractivity contribution in [3.8, 4) is 11.6 Å². The molecular formula is C24H22ClN5O5. The van der Waals surface area contributed by atoms with Crippen LogP contribution in [0.3, 0.4) is 0 Å². The van der Waals surface area contributed by atoms with Crippen LogP contribution in [0.5, 0.6) is 11.6 Å². The number of nitrogens with zero attached hydrogens (tertiary/aromatic N) is 4. The van der Waals surface area contributed by atoms with Crippen molar-refractivity contribution in [1.82, 2.24) is 20.0 Å². The van der Waals surface area contributed by atoms with Gasteiger partial charge in [-0.3, -0.25) is 14.6 Å². The summed E-state index contributed by atoms with van der Waals surface area (Å²) in [6, 6.07) is 16.4. The van der Waals surface area contributed by atoms with Crippen LogP contribution in [-0.4, -0.2) is 55.7 Å². The number of amides is 3. The van der Waals surface area contributed by atoms with E-state index < -0.39 is 12.1 Å². The summed E-state index contributed by atoms with van der Waals surface area (Å²) in [6.07, 6.45) is -0.425. The number of halogens is 1. The first-order valence-corrected chi connectivity index (χ1v) is 11.2. The van der Waals surface area contributed by atoms with Gasteiger partial charge in [-0.25, -0.2) is 9.59 Å². The molecule has 35 heavy (non-hydrogen) atoms. The Balaban J connectivity index is 1.47. The standard InChI is InChI=1S/C24H22ClN5O5/c1-2-29-22(31)13-20(30(24(29)34)14-15-3-5-16(25)6-4-15)26-17-7-9-18(10-8-17)35-21-12-11-19(23(32)33)27-28-21/h3-12,20,26H,2,13-14H2,1H3,(H,32,33). The summed E-state index contributed by atoms with van der Waals surface area (Å²) in [7, 11) is 0. The molecule has 180 valence electrons. The highest BCUT2D eigenvalue weighted by Crippen LogP contribution is 2.25. The lowest BCUT2D eigenvalue weighted by atomic mass is 10.1. The summed E-state index contributed by atoms with van der Waals surface area (Å²) >= 11 is 5.98. The molecule has 0 aliphatic carbocycles.